The number of rotatable bonds is 3. The van der Waals surface area contributed by atoms with Crippen molar-refractivity contribution >= 4 is 11.7 Å². The molecule has 0 N–H and O–H groups in total. The van der Waals surface area contributed by atoms with Crippen LogP contribution in [0.1, 0.15) is 29.6 Å². The fourth-order valence-electron chi connectivity index (χ4n) is 2.45. The fourth-order valence-corrected chi connectivity index (χ4v) is 2.45. The molecule has 0 bridgehead atoms. The largest absolute Gasteiger partial charge is 0.349 e. The lowest BCUT2D eigenvalue weighted by Gasteiger charge is -2.24. The van der Waals surface area contributed by atoms with Gasteiger partial charge in [-0.3, -0.25) is 9.59 Å². The molecule has 1 amide bonds. The highest BCUT2D eigenvalue weighted by atomic mass is 16.2. The summed E-state index contributed by atoms with van der Waals surface area (Å²) >= 11 is 0. The smallest absolute Gasteiger partial charge is 0.225 e. The summed E-state index contributed by atoms with van der Waals surface area (Å²) in [6.45, 7) is 0. The molecule has 1 aromatic rings. The van der Waals surface area contributed by atoms with Crippen molar-refractivity contribution in [2.24, 2.45) is 5.92 Å². The predicted molar refractivity (Wildman–Crippen MR) is 74.9 cm³/mol. The molecule has 2 rings (SSSR count). The molecule has 3 heteroatoms. The Morgan fingerprint density at radius 3 is 2.47 bits per heavy atom. The number of benzene rings is 1. The summed E-state index contributed by atoms with van der Waals surface area (Å²) in [5, 5.41) is 0. The van der Waals surface area contributed by atoms with Gasteiger partial charge < -0.3 is 4.90 Å². The molecule has 0 heterocycles. The summed E-state index contributed by atoms with van der Waals surface area (Å²) in [6, 6.07) is 9.25. The number of carbonyl (C=O) groups is 2. The Labute approximate surface area is 113 Å². The molecule has 0 aromatic heterocycles. The number of carbonyl (C=O) groups excluding carboxylic acids is 2. The Hall–Kier alpha value is -1.90. The van der Waals surface area contributed by atoms with Crippen molar-refractivity contribution in [1.82, 2.24) is 4.90 Å². The minimum Gasteiger partial charge on any atom is -0.349 e. The first-order chi connectivity index (χ1) is 9.09. The lowest BCUT2D eigenvalue weighted by atomic mass is 9.84. The lowest BCUT2D eigenvalue weighted by molar-refractivity contribution is -0.133. The molecule has 1 aromatic carbocycles. The van der Waals surface area contributed by atoms with Gasteiger partial charge in [-0.1, -0.05) is 36.4 Å². The van der Waals surface area contributed by atoms with Crippen LogP contribution in [0.4, 0.5) is 0 Å². The van der Waals surface area contributed by atoms with Crippen LogP contribution >= 0.6 is 0 Å². The van der Waals surface area contributed by atoms with E-state index in [1.54, 1.807) is 19.0 Å². The van der Waals surface area contributed by atoms with Crippen molar-refractivity contribution in [3.63, 3.8) is 0 Å². The van der Waals surface area contributed by atoms with Crippen molar-refractivity contribution in [2.45, 2.75) is 19.3 Å². The topological polar surface area (TPSA) is 37.4 Å². The maximum absolute atomic E-state index is 12.3. The number of hydrogen-bond donors (Lipinski definition) is 0. The maximum Gasteiger partial charge on any atom is 0.225 e. The van der Waals surface area contributed by atoms with Crippen molar-refractivity contribution in [3.8, 4) is 0 Å². The minimum absolute atomic E-state index is 0.0526. The third-order valence-corrected chi connectivity index (χ3v) is 3.49. The van der Waals surface area contributed by atoms with Crippen molar-refractivity contribution in [2.75, 3.05) is 14.1 Å². The van der Waals surface area contributed by atoms with Gasteiger partial charge in [-0.05, 0) is 24.8 Å². The summed E-state index contributed by atoms with van der Waals surface area (Å²) in [4.78, 5) is 25.9. The van der Waals surface area contributed by atoms with E-state index in [4.69, 9.17) is 0 Å². The number of Topliss-reactive ketones (excluding diaryl/α,β-unsaturated/α-hetero) is 1. The van der Waals surface area contributed by atoms with Crippen LogP contribution in [-0.2, 0) is 4.79 Å². The van der Waals surface area contributed by atoms with Crippen LogP contribution in [0, 0.1) is 5.92 Å². The SMILES string of the molecule is CN(C)C(=O)C1CCC=C(C(=O)c2ccccc2)C1. The zero-order chi connectivity index (χ0) is 13.8. The Balaban J connectivity index is 2.12. The van der Waals surface area contributed by atoms with E-state index in [0.717, 1.165) is 18.4 Å². The summed E-state index contributed by atoms with van der Waals surface area (Å²) in [5.74, 6) is 0.117. The highest BCUT2D eigenvalue weighted by Gasteiger charge is 2.26. The third kappa shape index (κ3) is 3.11. The van der Waals surface area contributed by atoms with Crippen LogP contribution in [0.5, 0.6) is 0 Å². The maximum atomic E-state index is 12.3. The fraction of sp³-hybridized carbons (Fsp3) is 0.375. The van der Waals surface area contributed by atoms with Crippen LogP contribution in [0.2, 0.25) is 0 Å². The molecular weight excluding hydrogens is 238 g/mol. The van der Waals surface area contributed by atoms with Gasteiger partial charge in [0.05, 0.1) is 0 Å². The summed E-state index contributed by atoms with van der Waals surface area (Å²) in [6.07, 6.45) is 4.18. The van der Waals surface area contributed by atoms with E-state index in [1.807, 2.05) is 36.4 Å². The third-order valence-electron chi connectivity index (χ3n) is 3.49. The molecule has 100 valence electrons. The molecule has 0 saturated carbocycles. The zero-order valence-electron chi connectivity index (χ0n) is 11.4. The predicted octanol–water partition coefficient (Wildman–Crippen LogP) is 2.68. The second-order valence-electron chi connectivity index (χ2n) is 5.14. The van der Waals surface area contributed by atoms with Gasteiger partial charge >= 0.3 is 0 Å². The molecule has 0 radical (unpaired) electrons. The Morgan fingerprint density at radius 2 is 1.84 bits per heavy atom. The van der Waals surface area contributed by atoms with Crippen LogP contribution < -0.4 is 0 Å². The van der Waals surface area contributed by atoms with Crippen molar-refractivity contribution in [1.29, 1.82) is 0 Å². The van der Waals surface area contributed by atoms with Gasteiger partial charge in [0.2, 0.25) is 5.91 Å². The minimum atomic E-state index is -0.0531. The first kappa shape index (κ1) is 13.5. The Morgan fingerprint density at radius 1 is 1.16 bits per heavy atom. The second kappa shape index (κ2) is 5.83. The van der Waals surface area contributed by atoms with E-state index in [0.29, 0.717) is 12.0 Å². The first-order valence-electron chi connectivity index (χ1n) is 6.59. The molecule has 0 aliphatic heterocycles. The Kier molecular flexibility index (Phi) is 4.15. The molecule has 1 aliphatic carbocycles. The van der Waals surface area contributed by atoms with Gasteiger partial charge in [-0.15, -0.1) is 0 Å². The zero-order valence-corrected chi connectivity index (χ0v) is 11.4. The van der Waals surface area contributed by atoms with E-state index in [9.17, 15) is 9.59 Å². The number of nitrogens with zero attached hydrogens (tertiary/aromatic N) is 1. The Bertz CT molecular complexity index is 503. The van der Waals surface area contributed by atoms with Gasteiger partial charge in [0, 0.05) is 25.6 Å². The molecule has 19 heavy (non-hydrogen) atoms. The average molecular weight is 257 g/mol. The molecule has 0 saturated heterocycles. The molecule has 1 aliphatic rings. The number of hydrogen-bond acceptors (Lipinski definition) is 2. The number of amides is 1. The molecule has 0 spiro atoms. The van der Waals surface area contributed by atoms with Crippen LogP contribution in [-0.4, -0.2) is 30.7 Å². The van der Waals surface area contributed by atoms with E-state index in [2.05, 4.69) is 0 Å². The summed E-state index contributed by atoms with van der Waals surface area (Å²) in [5.41, 5.74) is 1.48. The van der Waals surface area contributed by atoms with Gasteiger partial charge in [0.1, 0.15) is 0 Å². The van der Waals surface area contributed by atoms with Crippen LogP contribution in [0.15, 0.2) is 42.0 Å². The van der Waals surface area contributed by atoms with E-state index in [1.165, 1.54) is 0 Å². The van der Waals surface area contributed by atoms with E-state index >= 15 is 0 Å². The monoisotopic (exact) mass is 257 g/mol. The van der Waals surface area contributed by atoms with Gasteiger partial charge in [-0.25, -0.2) is 0 Å². The summed E-state index contributed by atoms with van der Waals surface area (Å²) < 4.78 is 0. The molecule has 0 fully saturated rings. The second-order valence-corrected chi connectivity index (χ2v) is 5.14. The summed E-state index contributed by atoms with van der Waals surface area (Å²) in [7, 11) is 3.53. The highest BCUT2D eigenvalue weighted by Crippen LogP contribution is 2.27. The van der Waals surface area contributed by atoms with Crippen molar-refractivity contribution in [3.05, 3.63) is 47.5 Å². The number of ketones is 1. The standard InChI is InChI=1S/C16H19NO2/c1-17(2)16(19)14-10-6-9-13(11-14)15(18)12-7-4-3-5-8-12/h3-5,7-9,14H,6,10-11H2,1-2H3. The molecule has 1 unspecified atom stereocenters. The van der Waals surface area contributed by atoms with E-state index < -0.39 is 0 Å². The quantitative estimate of drug-likeness (QED) is 0.781. The average Bonchev–Trinajstić information content (AvgIpc) is 2.46. The van der Waals surface area contributed by atoms with Crippen LogP contribution in [0.25, 0.3) is 0 Å². The molecular formula is C16H19NO2. The normalized spacial score (nSPS) is 18.6. The van der Waals surface area contributed by atoms with E-state index in [-0.39, 0.29) is 17.6 Å². The van der Waals surface area contributed by atoms with Gasteiger partial charge in [0.15, 0.2) is 5.78 Å². The van der Waals surface area contributed by atoms with Gasteiger partial charge in [-0.2, -0.15) is 0 Å². The number of allylic oxidation sites excluding steroid dienone is 2. The molecule has 1 atom stereocenters. The lowest BCUT2D eigenvalue weighted by Crippen LogP contribution is -2.31. The first-order valence-corrected chi connectivity index (χ1v) is 6.59. The highest BCUT2D eigenvalue weighted by molar-refractivity contribution is 6.09. The van der Waals surface area contributed by atoms with Crippen molar-refractivity contribution < 1.29 is 9.59 Å². The van der Waals surface area contributed by atoms with Gasteiger partial charge in [0.25, 0.3) is 0 Å². The molecule has 3 nitrogen and oxygen atoms in total. The van der Waals surface area contributed by atoms with Crippen LogP contribution in [0.3, 0.4) is 0 Å².